The third-order valence-electron chi connectivity index (χ3n) is 5.80. The predicted octanol–water partition coefficient (Wildman–Crippen LogP) is 4.29. The Morgan fingerprint density at radius 2 is 1.86 bits per heavy atom. The van der Waals surface area contributed by atoms with Crippen LogP contribution in [0.4, 0.5) is 11.6 Å². The Hall–Kier alpha value is -2.60. The van der Waals surface area contributed by atoms with Crippen LogP contribution < -0.4 is 20.9 Å². The number of thioether (sulfide) groups is 1. The van der Waals surface area contributed by atoms with E-state index in [0.717, 1.165) is 67.7 Å². The van der Waals surface area contributed by atoms with Crippen LogP contribution in [0, 0.1) is 0 Å². The summed E-state index contributed by atoms with van der Waals surface area (Å²) in [6.45, 7) is 9.15. The van der Waals surface area contributed by atoms with E-state index in [1.807, 2.05) is 18.2 Å². The Kier molecular flexibility index (Phi) is 9.24. The van der Waals surface area contributed by atoms with Gasteiger partial charge < -0.3 is 25.7 Å². The molecule has 0 radical (unpaired) electrons. The maximum absolute atomic E-state index is 6.15. The molecule has 4 N–H and O–H groups in total. The summed E-state index contributed by atoms with van der Waals surface area (Å²) < 4.78 is 17.1. The number of nitrogens with zero attached hydrogens (tertiary/aromatic N) is 4. The fourth-order valence-corrected chi connectivity index (χ4v) is 6.24. The van der Waals surface area contributed by atoms with Crippen molar-refractivity contribution in [1.82, 2.24) is 19.9 Å². The zero-order valence-electron chi connectivity index (χ0n) is 21.0. The van der Waals surface area contributed by atoms with E-state index in [0.29, 0.717) is 29.1 Å². The summed E-state index contributed by atoms with van der Waals surface area (Å²) >= 11 is 3.23. The van der Waals surface area contributed by atoms with Gasteiger partial charge in [0.2, 0.25) is 0 Å². The van der Waals surface area contributed by atoms with Crippen molar-refractivity contribution in [3.05, 3.63) is 34.8 Å². The summed E-state index contributed by atoms with van der Waals surface area (Å²) in [5.41, 5.74) is 13.8. The van der Waals surface area contributed by atoms with Crippen LogP contribution >= 0.6 is 23.1 Å². The monoisotopic (exact) mass is 530 g/mol. The molecule has 0 aliphatic carbocycles. The largest absolute Gasteiger partial charge is 0.493 e. The van der Waals surface area contributed by atoms with E-state index in [2.05, 4.69) is 28.7 Å². The van der Waals surface area contributed by atoms with Crippen LogP contribution in [0.1, 0.15) is 36.1 Å². The SMILES string of the molecule is CCCc1sc(-c2ccc(OC)c(OCCN3CCOCC3)c2)nc1[C@@H](C)Sc1nc(N)cc(N)n1. The molecular formula is C25H34N6O3S2. The predicted molar refractivity (Wildman–Crippen MR) is 146 cm³/mol. The van der Waals surface area contributed by atoms with Crippen LogP contribution in [0.15, 0.2) is 29.4 Å². The topological polar surface area (TPSA) is 122 Å². The van der Waals surface area contributed by atoms with Crippen molar-refractivity contribution in [2.45, 2.75) is 37.1 Å². The maximum Gasteiger partial charge on any atom is 0.192 e. The molecule has 4 rings (SSSR count). The molecule has 0 bridgehead atoms. The molecule has 2 aromatic heterocycles. The lowest BCUT2D eigenvalue weighted by Gasteiger charge is -2.26. The fourth-order valence-electron chi connectivity index (χ4n) is 3.97. The van der Waals surface area contributed by atoms with Crippen LogP contribution in [-0.2, 0) is 11.2 Å². The number of thiazole rings is 1. The van der Waals surface area contributed by atoms with Crippen molar-refractivity contribution < 1.29 is 14.2 Å². The molecule has 1 atom stereocenters. The second kappa shape index (κ2) is 12.6. The highest BCUT2D eigenvalue weighted by molar-refractivity contribution is 7.99. The molecule has 9 nitrogen and oxygen atoms in total. The zero-order chi connectivity index (χ0) is 25.5. The Balaban J connectivity index is 1.53. The Bertz CT molecular complexity index is 1130. The summed E-state index contributed by atoms with van der Waals surface area (Å²) in [5, 5.41) is 1.55. The lowest BCUT2D eigenvalue weighted by molar-refractivity contribution is 0.0321. The molecule has 1 aromatic carbocycles. The first kappa shape index (κ1) is 26.5. The average Bonchev–Trinajstić information content (AvgIpc) is 3.28. The van der Waals surface area contributed by atoms with Gasteiger partial charge in [-0.15, -0.1) is 11.3 Å². The van der Waals surface area contributed by atoms with Crippen LogP contribution in [-0.4, -0.2) is 66.4 Å². The summed E-state index contributed by atoms with van der Waals surface area (Å²) in [6, 6.07) is 7.56. The molecule has 36 heavy (non-hydrogen) atoms. The Morgan fingerprint density at radius 1 is 1.11 bits per heavy atom. The van der Waals surface area contributed by atoms with E-state index in [-0.39, 0.29) is 5.25 Å². The number of ether oxygens (including phenoxy) is 3. The quantitative estimate of drug-likeness (QED) is 0.274. The van der Waals surface area contributed by atoms with E-state index < -0.39 is 0 Å². The van der Waals surface area contributed by atoms with E-state index in [4.69, 9.17) is 30.7 Å². The summed E-state index contributed by atoms with van der Waals surface area (Å²) in [5.74, 6) is 2.17. The van der Waals surface area contributed by atoms with Crippen molar-refractivity contribution in [2.75, 3.05) is 58.0 Å². The molecule has 0 saturated carbocycles. The van der Waals surface area contributed by atoms with Gasteiger partial charge in [-0.25, -0.2) is 15.0 Å². The summed E-state index contributed by atoms with van der Waals surface area (Å²) in [7, 11) is 1.66. The molecule has 0 amide bonds. The van der Waals surface area contributed by atoms with Crippen molar-refractivity contribution >= 4 is 34.7 Å². The van der Waals surface area contributed by atoms with Gasteiger partial charge in [0, 0.05) is 36.1 Å². The number of nitrogen functional groups attached to an aromatic ring is 2. The normalized spacial score (nSPS) is 15.1. The molecule has 11 heteroatoms. The number of aromatic nitrogens is 3. The van der Waals surface area contributed by atoms with Gasteiger partial charge in [-0.1, -0.05) is 25.1 Å². The first-order valence-electron chi connectivity index (χ1n) is 12.1. The van der Waals surface area contributed by atoms with Crippen LogP contribution in [0.2, 0.25) is 0 Å². The number of rotatable bonds is 11. The van der Waals surface area contributed by atoms with E-state index in [9.17, 15) is 0 Å². The standard InChI is InChI=1S/C25H34N6O3S2/c1-4-5-20-23(16(2)35-25-28-21(26)15-22(27)29-25)30-24(36-20)17-6-7-18(32-3)19(14-17)34-13-10-31-8-11-33-12-9-31/h6-7,14-16H,4-5,8-13H2,1-3H3,(H4,26,27,28,29)/t16-/m1/s1. The van der Waals surface area contributed by atoms with E-state index in [1.165, 1.54) is 16.6 Å². The number of anilines is 2. The minimum atomic E-state index is 0.0419. The van der Waals surface area contributed by atoms with Crippen molar-refractivity contribution in [1.29, 1.82) is 0 Å². The van der Waals surface area contributed by atoms with Gasteiger partial charge in [0.15, 0.2) is 16.7 Å². The third kappa shape index (κ3) is 6.78. The molecule has 3 aromatic rings. The molecule has 3 heterocycles. The van der Waals surface area contributed by atoms with Crippen LogP contribution in [0.3, 0.4) is 0 Å². The second-order valence-corrected chi connectivity index (χ2v) is 10.9. The Labute approximate surface area is 220 Å². The summed E-state index contributed by atoms with van der Waals surface area (Å²) in [4.78, 5) is 17.3. The molecule has 1 saturated heterocycles. The van der Waals surface area contributed by atoms with E-state index >= 15 is 0 Å². The lowest BCUT2D eigenvalue weighted by Crippen LogP contribution is -2.38. The average molecular weight is 531 g/mol. The number of benzene rings is 1. The van der Waals surface area contributed by atoms with Gasteiger partial charge >= 0.3 is 0 Å². The van der Waals surface area contributed by atoms with Crippen molar-refractivity contribution in [3.63, 3.8) is 0 Å². The van der Waals surface area contributed by atoms with Crippen molar-refractivity contribution in [3.8, 4) is 22.1 Å². The molecule has 1 aliphatic heterocycles. The highest BCUT2D eigenvalue weighted by Gasteiger charge is 2.21. The molecule has 0 unspecified atom stereocenters. The van der Waals surface area contributed by atoms with Crippen LogP contribution in [0.5, 0.6) is 11.5 Å². The number of methoxy groups -OCH3 is 1. The highest BCUT2D eigenvalue weighted by Crippen LogP contribution is 2.41. The van der Waals surface area contributed by atoms with Gasteiger partial charge in [0.25, 0.3) is 0 Å². The maximum atomic E-state index is 6.15. The lowest BCUT2D eigenvalue weighted by atomic mass is 10.2. The number of nitrogens with two attached hydrogens (primary N) is 2. The molecule has 0 spiro atoms. The molecule has 194 valence electrons. The first-order valence-corrected chi connectivity index (χ1v) is 13.8. The van der Waals surface area contributed by atoms with Crippen LogP contribution in [0.25, 0.3) is 10.6 Å². The van der Waals surface area contributed by atoms with Crippen molar-refractivity contribution in [2.24, 2.45) is 0 Å². The highest BCUT2D eigenvalue weighted by atomic mass is 32.2. The number of aryl methyl sites for hydroxylation is 1. The number of morpholine rings is 1. The zero-order valence-corrected chi connectivity index (χ0v) is 22.7. The first-order chi connectivity index (χ1) is 17.5. The molecule has 1 aliphatic rings. The van der Waals surface area contributed by atoms with Gasteiger partial charge in [0.05, 0.1) is 31.3 Å². The fraction of sp³-hybridized carbons (Fsp3) is 0.480. The van der Waals surface area contributed by atoms with Gasteiger partial charge in [-0.05, 0) is 31.5 Å². The summed E-state index contributed by atoms with van der Waals surface area (Å²) in [6.07, 6.45) is 1.99. The second-order valence-electron chi connectivity index (χ2n) is 8.51. The minimum Gasteiger partial charge on any atom is -0.493 e. The molecule has 1 fully saturated rings. The van der Waals surface area contributed by atoms with Gasteiger partial charge in [-0.3, -0.25) is 4.90 Å². The third-order valence-corrected chi connectivity index (χ3v) is 7.95. The van der Waals surface area contributed by atoms with Gasteiger partial charge in [-0.2, -0.15) is 0 Å². The Morgan fingerprint density at radius 3 is 2.56 bits per heavy atom. The van der Waals surface area contributed by atoms with Gasteiger partial charge in [0.1, 0.15) is 23.3 Å². The number of hydrogen-bond donors (Lipinski definition) is 2. The van der Waals surface area contributed by atoms with E-state index in [1.54, 1.807) is 24.5 Å². The minimum absolute atomic E-state index is 0.0419. The molecular weight excluding hydrogens is 496 g/mol. The number of hydrogen-bond acceptors (Lipinski definition) is 11. The smallest absolute Gasteiger partial charge is 0.192 e.